The highest BCUT2D eigenvalue weighted by Crippen LogP contribution is 2.32. The quantitative estimate of drug-likeness (QED) is 0.294. The first-order valence-corrected chi connectivity index (χ1v) is 11.8. The lowest BCUT2D eigenvalue weighted by Crippen LogP contribution is -1.90. The molecule has 1 N–H and O–H groups in total. The molecule has 0 aliphatic heterocycles. The fourth-order valence-electron chi connectivity index (χ4n) is 2.78. The molecule has 26 heavy (non-hydrogen) atoms. The molecule has 1 aromatic carbocycles. The van der Waals surface area contributed by atoms with Crippen LogP contribution in [0.2, 0.25) is 15.1 Å². The summed E-state index contributed by atoms with van der Waals surface area (Å²) in [5.74, 6) is 1.01. The molecular formula is C21H31Cl3OS. The Morgan fingerprint density at radius 2 is 1.38 bits per heavy atom. The van der Waals surface area contributed by atoms with E-state index in [0.29, 0.717) is 15.1 Å². The van der Waals surface area contributed by atoms with Crippen molar-refractivity contribution in [2.45, 2.75) is 71.1 Å². The molecule has 148 valence electrons. The average Bonchev–Trinajstić information content (AvgIpc) is 2.60. The molecule has 0 fully saturated rings. The predicted octanol–water partition coefficient (Wildman–Crippen LogP) is 8.63. The minimum absolute atomic E-state index is 0.00227. The van der Waals surface area contributed by atoms with Crippen LogP contribution in [0.3, 0.4) is 0 Å². The van der Waals surface area contributed by atoms with E-state index in [4.69, 9.17) is 34.8 Å². The monoisotopic (exact) mass is 436 g/mol. The number of benzene rings is 1. The van der Waals surface area contributed by atoms with Gasteiger partial charge in [-0.25, -0.2) is 0 Å². The van der Waals surface area contributed by atoms with E-state index in [2.05, 4.69) is 6.92 Å². The van der Waals surface area contributed by atoms with E-state index in [9.17, 15) is 5.11 Å². The van der Waals surface area contributed by atoms with E-state index in [1.807, 2.05) is 6.08 Å². The molecule has 5 heteroatoms. The van der Waals surface area contributed by atoms with Gasteiger partial charge in [-0.15, -0.1) is 11.8 Å². The first-order valence-electron chi connectivity index (χ1n) is 9.67. The maximum Gasteiger partial charge on any atom is 0.0740 e. The van der Waals surface area contributed by atoms with Crippen molar-refractivity contribution in [3.63, 3.8) is 0 Å². The molecule has 0 saturated heterocycles. The molecule has 0 spiro atoms. The molecule has 0 unspecified atom stereocenters. The summed E-state index contributed by atoms with van der Waals surface area (Å²) in [4.78, 5) is 0.882. The zero-order valence-electron chi connectivity index (χ0n) is 15.7. The summed E-state index contributed by atoms with van der Waals surface area (Å²) in [6.07, 6.45) is 15.2. The lowest BCUT2D eigenvalue weighted by molar-refractivity contribution is 0.340. The van der Waals surface area contributed by atoms with E-state index < -0.39 is 0 Å². The largest absolute Gasteiger partial charge is 0.391 e. The van der Waals surface area contributed by atoms with Crippen LogP contribution in [0.1, 0.15) is 76.7 Å². The van der Waals surface area contributed by atoms with Gasteiger partial charge in [0.2, 0.25) is 0 Å². The smallest absolute Gasteiger partial charge is 0.0740 e. The van der Waals surface area contributed by atoms with Crippen molar-refractivity contribution in [2.24, 2.45) is 0 Å². The Morgan fingerprint density at radius 1 is 0.885 bits per heavy atom. The second kappa shape index (κ2) is 15.1. The SMILES string of the molecule is CCCCCCCCCCCCSC(=Cc1c(Cl)cc(Cl)cc1Cl)CO. The van der Waals surface area contributed by atoms with Crippen molar-refractivity contribution in [1.29, 1.82) is 0 Å². The minimum Gasteiger partial charge on any atom is -0.391 e. The van der Waals surface area contributed by atoms with Crippen LogP contribution >= 0.6 is 46.6 Å². The lowest BCUT2D eigenvalue weighted by Gasteiger charge is -2.08. The van der Waals surface area contributed by atoms with Gasteiger partial charge in [-0.1, -0.05) is 99.5 Å². The summed E-state index contributed by atoms with van der Waals surface area (Å²) >= 11 is 20.0. The Hall–Kier alpha value is 0.140. The van der Waals surface area contributed by atoms with Gasteiger partial charge >= 0.3 is 0 Å². The van der Waals surface area contributed by atoms with Crippen LogP contribution in [0.4, 0.5) is 0 Å². The molecule has 0 heterocycles. The zero-order chi connectivity index (χ0) is 19.2. The van der Waals surface area contributed by atoms with E-state index in [1.54, 1.807) is 23.9 Å². The van der Waals surface area contributed by atoms with Crippen molar-refractivity contribution in [3.8, 4) is 0 Å². The van der Waals surface area contributed by atoms with Gasteiger partial charge in [-0.05, 0) is 30.4 Å². The Kier molecular flexibility index (Phi) is 14.0. The second-order valence-corrected chi connectivity index (χ2v) is 9.05. The molecule has 0 aliphatic rings. The van der Waals surface area contributed by atoms with E-state index >= 15 is 0 Å². The highest BCUT2D eigenvalue weighted by atomic mass is 35.5. The van der Waals surface area contributed by atoms with Gasteiger partial charge in [0.1, 0.15) is 0 Å². The Morgan fingerprint density at radius 3 is 1.88 bits per heavy atom. The molecule has 1 aromatic rings. The molecule has 0 saturated carbocycles. The maximum absolute atomic E-state index is 9.58. The predicted molar refractivity (Wildman–Crippen MR) is 121 cm³/mol. The first kappa shape index (κ1) is 24.2. The van der Waals surface area contributed by atoms with Crippen LogP contribution in [-0.2, 0) is 0 Å². The number of rotatable bonds is 14. The molecule has 0 aliphatic carbocycles. The molecule has 0 radical (unpaired) electrons. The van der Waals surface area contributed by atoms with Gasteiger partial charge < -0.3 is 5.11 Å². The van der Waals surface area contributed by atoms with Crippen LogP contribution in [0.5, 0.6) is 0 Å². The fourth-order valence-corrected chi connectivity index (χ4v) is 4.61. The van der Waals surface area contributed by atoms with E-state index in [-0.39, 0.29) is 6.61 Å². The highest BCUT2D eigenvalue weighted by molar-refractivity contribution is 8.03. The molecule has 0 amide bonds. The number of thioether (sulfide) groups is 1. The van der Waals surface area contributed by atoms with Gasteiger partial charge in [0.25, 0.3) is 0 Å². The summed E-state index contributed by atoms with van der Waals surface area (Å²) in [6, 6.07) is 3.34. The van der Waals surface area contributed by atoms with Gasteiger partial charge in [0.15, 0.2) is 0 Å². The van der Waals surface area contributed by atoms with Crippen molar-refractivity contribution in [3.05, 3.63) is 37.7 Å². The number of aliphatic hydroxyl groups excluding tert-OH is 1. The van der Waals surface area contributed by atoms with Crippen LogP contribution in [0, 0.1) is 0 Å². The third-order valence-electron chi connectivity index (χ3n) is 4.29. The Balaban J connectivity index is 2.23. The van der Waals surface area contributed by atoms with Crippen molar-refractivity contribution in [2.75, 3.05) is 12.4 Å². The molecule has 1 rings (SSSR count). The van der Waals surface area contributed by atoms with Crippen molar-refractivity contribution in [1.82, 2.24) is 0 Å². The third-order valence-corrected chi connectivity index (χ3v) is 6.24. The fraction of sp³-hybridized carbons (Fsp3) is 0.619. The Bertz CT molecular complexity index is 523. The van der Waals surface area contributed by atoms with E-state index in [0.717, 1.165) is 16.2 Å². The first-order chi connectivity index (χ1) is 12.6. The maximum atomic E-state index is 9.58. The Labute approximate surface area is 178 Å². The molecule has 1 nitrogen and oxygen atoms in total. The number of hydrogen-bond acceptors (Lipinski definition) is 2. The second-order valence-electron chi connectivity index (χ2n) is 6.58. The van der Waals surface area contributed by atoms with Crippen molar-refractivity contribution >= 4 is 52.6 Å². The number of halogens is 3. The summed E-state index contributed by atoms with van der Waals surface area (Å²) in [5.41, 5.74) is 0.720. The number of aliphatic hydroxyl groups is 1. The average molecular weight is 438 g/mol. The van der Waals surface area contributed by atoms with Crippen LogP contribution in [-0.4, -0.2) is 17.5 Å². The number of hydrogen-bond donors (Lipinski definition) is 1. The molecular weight excluding hydrogens is 407 g/mol. The summed E-state index contributed by atoms with van der Waals surface area (Å²) < 4.78 is 0. The summed E-state index contributed by atoms with van der Waals surface area (Å²) in [5, 5.41) is 11.1. The van der Waals surface area contributed by atoms with Crippen LogP contribution in [0.25, 0.3) is 6.08 Å². The molecule has 0 bridgehead atoms. The highest BCUT2D eigenvalue weighted by Gasteiger charge is 2.07. The third kappa shape index (κ3) is 10.5. The molecule has 0 aromatic heterocycles. The number of unbranched alkanes of at least 4 members (excludes halogenated alkanes) is 9. The normalized spacial score (nSPS) is 12.0. The standard InChI is InChI=1S/C21H31Cl3OS/c1-2-3-4-5-6-7-8-9-10-11-12-26-18(16-25)15-19-20(23)13-17(22)14-21(19)24/h13-15,25H,2-12,16H2,1H3. The summed E-state index contributed by atoms with van der Waals surface area (Å²) in [7, 11) is 0. The van der Waals surface area contributed by atoms with Gasteiger partial charge in [-0.2, -0.15) is 0 Å². The van der Waals surface area contributed by atoms with E-state index in [1.165, 1.54) is 64.2 Å². The van der Waals surface area contributed by atoms with Crippen LogP contribution < -0.4 is 0 Å². The lowest BCUT2D eigenvalue weighted by atomic mass is 10.1. The topological polar surface area (TPSA) is 20.2 Å². The van der Waals surface area contributed by atoms with Crippen molar-refractivity contribution < 1.29 is 5.11 Å². The zero-order valence-corrected chi connectivity index (χ0v) is 18.8. The van der Waals surface area contributed by atoms with Gasteiger partial charge in [-0.3, -0.25) is 0 Å². The minimum atomic E-state index is -0.00227. The van der Waals surface area contributed by atoms with Crippen LogP contribution in [0.15, 0.2) is 17.0 Å². The van der Waals surface area contributed by atoms with Gasteiger partial charge in [0.05, 0.1) is 16.7 Å². The summed E-state index contributed by atoms with van der Waals surface area (Å²) in [6.45, 7) is 2.26. The molecule has 0 atom stereocenters. The van der Waals surface area contributed by atoms with Gasteiger partial charge in [0, 0.05) is 15.5 Å².